The van der Waals surface area contributed by atoms with Gasteiger partial charge >= 0.3 is 0 Å². The second-order valence-electron chi connectivity index (χ2n) is 3.61. The van der Waals surface area contributed by atoms with Gasteiger partial charge in [-0.2, -0.15) is 0 Å². The van der Waals surface area contributed by atoms with E-state index in [1.54, 1.807) is 0 Å². The number of rotatable bonds is 8. The van der Waals surface area contributed by atoms with Crippen molar-refractivity contribution in [3.05, 3.63) is 0 Å². The molecule has 0 rings (SSSR count). The lowest BCUT2D eigenvalue weighted by molar-refractivity contribution is 0.282. The monoisotopic (exact) mass is 290 g/mol. The molecule has 0 aliphatic rings. The standard InChI is InChI=1S/C10H22O.2H3N.H2O4S/c1-2-3-4-5-6-7-8-9-10-11;;;1-5(2,3)4/h11H,2-10H2,1H3;2*1H3;(H2,1,2,3,4). The first-order chi connectivity index (χ1) is 7.41. The second-order valence-corrected chi connectivity index (χ2v) is 4.42. The number of hydrogen-bond acceptors (Lipinski definition) is 5. The zero-order valence-corrected chi connectivity index (χ0v) is 12.7. The van der Waals surface area contributed by atoms with Gasteiger partial charge < -0.3 is 26.5 Å². The summed E-state index contributed by atoms with van der Waals surface area (Å²) in [5, 5.41) is 8.51. The van der Waals surface area contributed by atoms with Crippen molar-refractivity contribution in [1.29, 1.82) is 0 Å². The van der Waals surface area contributed by atoms with Crippen LogP contribution in [-0.4, -0.2) is 29.2 Å². The first kappa shape index (κ1) is 26.3. The van der Waals surface area contributed by atoms with Crippen molar-refractivity contribution in [3.8, 4) is 0 Å². The van der Waals surface area contributed by atoms with E-state index >= 15 is 0 Å². The molecule has 0 aliphatic carbocycles. The van der Waals surface area contributed by atoms with E-state index in [4.69, 9.17) is 22.6 Å². The van der Waals surface area contributed by atoms with Crippen molar-refractivity contribution in [3.63, 3.8) is 0 Å². The number of hydrogen-bond donors (Lipinski definition) is 3. The lowest BCUT2D eigenvalue weighted by Crippen LogP contribution is -1.91. The number of quaternary nitrogens is 2. The molecule has 0 saturated heterocycles. The summed E-state index contributed by atoms with van der Waals surface area (Å²) < 4.78 is 34.1. The fraction of sp³-hybridized carbons (Fsp3) is 1.00. The third-order valence-corrected chi connectivity index (χ3v) is 2.01. The van der Waals surface area contributed by atoms with Gasteiger partial charge in [0.1, 0.15) is 0 Å². The molecule has 0 spiro atoms. The summed E-state index contributed by atoms with van der Waals surface area (Å²) in [6.07, 6.45) is 10.4. The lowest BCUT2D eigenvalue weighted by atomic mass is 10.1. The smallest absolute Gasteiger partial charge is 0.0431 e. The molecule has 0 fully saturated rings. The molecule has 18 heavy (non-hydrogen) atoms. The van der Waals surface area contributed by atoms with Crippen LogP contribution in [0, 0.1) is 0 Å². The van der Waals surface area contributed by atoms with Gasteiger partial charge in [-0.25, -0.2) is 0 Å². The van der Waals surface area contributed by atoms with E-state index in [-0.39, 0.29) is 12.3 Å². The Kier molecular flexibility index (Phi) is 27.9. The highest BCUT2D eigenvalue weighted by molar-refractivity contribution is 7.79. The zero-order valence-electron chi connectivity index (χ0n) is 11.9. The Morgan fingerprint density at radius 1 is 0.833 bits per heavy atom. The first-order valence-corrected chi connectivity index (χ1v) is 7.02. The molecule has 0 heterocycles. The maximum absolute atomic E-state index is 8.52. The molecule has 0 amide bonds. The van der Waals surface area contributed by atoms with Crippen LogP contribution in [0.25, 0.3) is 0 Å². The number of aliphatic hydroxyl groups is 1. The average molecular weight is 290 g/mol. The minimum absolute atomic E-state index is 0. The summed E-state index contributed by atoms with van der Waals surface area (Å²) in [6, 6.07) is 0. The molecule has 0 aromatic rings. The molecule has 0 aromatic carbocycles. The summed E-state index contributed by atoms with van der Waals surface area (Å²) in [6.45, 7) is 2.61. The van der Waals surface area contributed by atoms with Gasteiger partial charge in [0.25, 0.3) is 0 Å². The third-order valence-electron chi connectivity index (χ3n) is 2.01. The van der Waals surface area contributed by atoms with Gasteiger partial charge in [-0.1, -0.05) is 51.9 Å². The van der Waals surface area contributed by atoms with Crippen LogP contribution in [0.15, 0.2) is 0 Å². The number of aliphatic hydroxyl groups excluding tert-OH is 1. The molecule has 0 aromatic heterocycles. The van der Waals surface area contributed by atoms with Gasteiger partial charge in [-0.3, -0.25) is 8.42 Å². The SMILES string of the molecule is CCCCCCCCCCO.O=S(=O)([O-])[O-].[NH4+].[NH4+]. The van der Waals surface area contributed by atoms with Crippen LogP contribution >= 0.6 is 0 Å². The molecular weight excluding hydrogens is 260 g/mol. The molecule has 0 unspecified atom stereocenters. The van der Waals surface area contributed by atoms with Crippen LogP contribution in [0.4, 0.5) is 0 Å². The van der Waals surface area contributed by atoms with Crippen LogP contribution < -0.4 is 12.3 Å². The minimum Gasteiger partial charge on any atom is -0.759 e. The van der Waals surface area contributed by atoms with Crippen LogP contribution in [0.2, 0.25) is 0 Å². The maximum Gasteiger partial charge on any atom is 0.0431 e. The molecule has 0 radical (unpaired) electrons. The topological polar surface area (TPSA) is 173 Å². The summed E-state index contributed by atoms with van der Waals surface area (Å²) in [7, 11) is -5.17. The Balaban J connectivity index is -0.000000122. The maximum atomic E-state index is 8.52. The van der Waals surface area contributed by atoms with Crippen molar-refractivity contribution >= 4 is 10.4 Å². The summed E-state index contributed by atoms with van der Waals surface area (Å²) in [5.74, 6) is 0. The first-order valence-electron chi connectivity index (χ1n) is 5.69. The van der Waals surface area contributed by atoms with Crippen LogP contribution in [0.5, 0.6) is 0 Å². The Hall–Kier alpha value is -0.250. The van der Waals surface area contributed by atoms with Crippen LogP contribution in [0.1, 0.15) is 58.3 Å². The highest BCUT2D eigenvalue weighted by atomic mass is 32.3. The molecule has 0 saturated carbocycles. The zero-order chi connectivity index (χ0) is 12.9. The molecule has 7 nitrogen and oxygen atoms in total. The molecule has 0 bridgehead atoms. The summed E-state index contributed by atoms with van der Waals surface area (Å²) in [4.78, 5) is 0. The van der Waals surface area contributed by atoms with Crippen LogP contribution in [0.3, 0.4) is 0 Å². The van der Waals surface area contributed by atoms with Crippen molar-refractivity contribution < 1.29 is 22.6 Å². The minimum atomic E-state index is -5.17. The van der Waals surface area contributed by atoms with E-state index in [0.29, 0.717) is 6.61 Å². The molecule has 116 valence electrons. The van der Waals surface area contributed by atoms with Gasteiger partial charge in [0.05, 0.1) is 0 Å². The van der Waals surface area contributed by atoms with E-state index in [1.807, 2.05) is 0 Å². The van der Waals surface area contributed by atoms with E-state index < -0.39 is 10.4 Å². The fourth-order valence-electron chi connectivity index (χ4n) is 1.25. The second kappa shape index (κ2) is 19.1. The Labute approximate surface area is 111 Å². The lowest BCUT2D eigenvalue weighted by Gasteiger charge is -2.06. The van der Waals surface area contributed by atoms with Crippen molar-refractivity contribution in [2.24, 2.45) is 0 Å². The highest BCUT2D eigenvalue weighted by Gasteiger charge is 1.89. The van der Waals surface area contributed by atoms with Crippen molar-refractivity contribution in [2.45, 2.75) is 58.3 Å². The largest absolute Gasteiger partial charge is 0.759 e. The normalized spacial score (nSPS) is 9.56. The fourth-order valence-corrected chi connectivity index (χ4v) is 1.25. The average Bonchev–Trinajstić information content (AvgIpc) is 2.14. The van der Waals surface area contributed by atoms with Gasteiger partial charge in [-0.05, 0) is 6.42 Å². The highest BCUT2D eigenvalue weighted by Crippen LogP contribution is 2.07. The van der Waals surface area contributed by atoms with E-state index in [0.717, 1.165) is 6.42 Å². The number of unbranched alkanes of at least 4 members (excludes halogenated alkanes) is 7. The molecule has 0 aliphatic heterocycles. The van der Waals surface area contributed by atoms with Gasteiger partial charge in [0.15, 0.2) is 0 Å². The van der Waals surface area contributed by atoms with E-state index in [9.17, 15) is 0 Å². The van der Waals surface area contributed by atoms with Gasteiger partial charge in [-0.15, -0.1) is 0 Å². The Morgan fingerprint density at radius 2 is 1.11 bits per heavy atom. The Morgan fingerprint density at radius 3 is 1.39 bits per heavy atom. The predicted octanol–water partition coefficient (Wildman–Crippen LogP) is 2.53. The summed E-state index contributed by atoms with van der Waals surface area (Å²) in [5.41, 5.74) is 0. The molecule has 0 atom stereocenters. The summed E-state index contributed by atoms with van der Waals surface area (Å²) >= 11 is 0. The van der Waals surface area contributed by atoms with E-state index in [2.05, 4.69) is 6.92 Å². The van der Waals surface area contributed by atoms with Gasteiger partial charge in [0.2, 0.25) is 0 Å². The molecule has 8 heteroatoms. The van der Waals surface area contributed by atoms with Crippen LogP contribution in [-0.2, 0) is 10.4 Å². The van der Waals surface area contributed by atoms with Gasteiger partial charge in [0, 0.05) is 17.0 Å². The quantitative estimate of drug-likeness (QED) is 0.353. The Bertz CT molecular complexity index is 206. The van der Waals surface area contributed by atoms with E-state index in [1.165, 1.54) is 44.9 Å². The van der Waals surface area contributed by atoms with Crippen molar-refractivity contribution in [2.75, 3.05) is 6.61 Å². The molecular formula is C10H30N2O5S. The van der Waals surface area contributed by atoms with Crippen molar-refractivity contribution in [1.82, 2.24) is 12.3 Å². The third kappa shape index (κ3) is 57.1. The predicted molar refractivity (Wildman–Crippen MR) is 72.1 cm³/mol. The molecule has 9 N–H and O–H groups in total.